The molecule has 7 heteroatoms. The topological polar surface area (TPSA) is 84.5 Å². The van der Waals surface area contributed by atoms with Gasteiger partial charge in [0.05, 0.1) is 18.1 Å². The number of nitrogens with one attached hydrogen (secondary N) is 2. The van der Waals surface area contributed by atoms with Crippen molar-refractivity contribution in [2.75, 3.05) is 24.7 Å². The van der Waals surface area contributed by atoms with Gasteiger partial charge < -0.3 is 15.4 Å². The third-order valence-corrected chi connectivity index (χ3v) is 5.52. The highest BCUT2D eigenvalue weighted by atomic mass is 32.2. The maximum absolute atomic E-state index is 11.7. The highest BCUT2D eigenvalue weighted by Crippen LogP contribution is 2.19. The molecule has 2 amide bonds. The Kier molecular flexibility index (Phi) is 5.87. The zero-order chi connectivity index (χ0) is 16.9. The van der Waals surface area contributed by atoms with E-state index in [9.17, 15) is 13.2 Å². The van der Waals surface area contributed by atoms with E-state index in [0.29, 0.717) is 25.5 Å². The summed E-state index contributed by atoms with van der Waals surface area (Å²) in [5.41, 5.74) is 1.20. The molecule has 1 aromatic rings. The van der Waals surface area contributed by atoms with E-state index in [2.05, 4.69) is 30.5 Å². The molecule has 2 rings (SSSR count). The summed E-state index contributed by atoms with van der Waals surface area (Å²) in [6.45, 7) is 4.96. The van der Waals surface area contributed by atoms with Crippen molar-refractivity contribution in [3.8, 4) is 5.75 Å². The van der Waals surface area contributed by atoms with Gasteiger partial charge in [-0.25, -0.2) is 13.2 Å². The van der Waals surface area contributed by atoms with E-state index in [-0.39, 0.29) is 23.6 Å². The van der Waals surface area contributed by atoms with Crippen LogP contribution in [-0.2, 0) is 9.84 Å². The number of sulfone groups is 1. The minimum absolute atomic E-state index is 0.0267. The molecule has 0 aromatic heterocycles. The van der Waals surface area contributed by atoms with E-state index in [1.807, 2.05) is 18.2 Å². The minimum Gasteiger partial charge on any atom is -0.492 e. The number of hydrogen-bond donors (Lipinski definition) is 2. The van der Waals surface area contributed by atoms with Crippen LogP contribution in [0.4, 0.5) is 4.79 Å². The van der Waals surface area contributed by atoms with Crippen LogP contribution in [-0.4, -0.2) is 45.1 Å². The average Bonchev–Trinajstić information content (AvgIpc) is 2.83. The molecule has 0 spiro atoms. The molecule has 23 heavy (non-hydrogen) atoms. The maximum Gasteiger partial charge on any atom is 0.315 e. The van der Waals surface area contributed by atoms with Gasteiger partial charge >= 0.3 is 6.03 Å². The largest absolute Gasteiger partial charge is 0.492 e. The second-order valence-corrected chi connectivity index (χ2v) is 8.30. The normalized spacial score (nSPS) is 19.5. The Hall–Kier alpha value is -1.76. The minimum atomic E-state index is -2.98. The molecule has 1 aromatic carbocycles. The molecule has 0 saturated carbocycles. The average molecular weight is 340 g/mol. The maximum atomic E-state index is 11.7. The number of urea groups is 1. The Morgan fingerprint density at radius 2 is 2.17 bits per heavy atom. The van der Waals surface area contributed by atoms with Crippen molar-refractivity contribution in [2.24, 2.45) is 0 Å². The summed E-state index contributed by atoms with van der Waals surface area (Å²) >= 11 is 0. The van der Waals surface area contributed by atoms with Gasteiger partial charge in [0, 0.05) is 6.04 Å². The predicted molar refractivity (Wildman–Crippen MR) is 89.6 cm³/mol. The highest BCUT2D eigenvalue weighted by molar-refractivity contribution is 7.91. The Bertz CT molecular complexity index is 643. The fraction of sp³-hybridized carbons (Fsp3) is 0.562. The number of rotatable bonds is 6. The van der Waals surface area contributed by atoms with Crippen LogP contribution < -0.4 is 15.4 Å². The van der Waals surface area contributed by atoms with Gasteiger partial charge in [0.1, 0.15) is 12.4 Å². The lowest BCUT2D eigenvalue weighted by Gasteiger charge is -2.13. The standard InChI is InChI=1S/C16H24N2O4S/c1-12(2)13-4-3-5-15(10-13)22-8-7-17-16(19)18-14-6-9-23(20,21)11-14/h3-5,10,12,14H,6-9,11H2,1-2H3,(H2,17,18,19). The van der Waals surface area contributed by atoms with Crippen molar-refractivity contribution < 1.29 is 17.9 Å². The van der Waals surface area contributed by atoms with Gasteiger partial charge in [-0.1, -0.05) is 26.0 Å². The molecule has 1 aliphatic rings. The molecule has 0 aliphatic carbocycles. The summed E-state index contributed by atoms with van der Waals surface area (Å²) < 4.78 is 28.3. The van der Waals surface area contributed by atoms with Crippen LogP contribution >= 0.6 is 0 Å². The molecule has 1 unspecified atom stereocenters. The van der Waals surface area contributed by atoms with Gasteiger partial charge in [-0.3, -0.25) is 0 Å². The number of benzene rings is 1. The second-order valence-electron chi connectivity index (χ2n) is 6.08. The molecular weight excluding hydrogens is 316 g/mol. The molecule has 0 radical (unpaired) electrons. The van der Waals surface area contributed by atoms with Crippen LogP contribution in [0.15, 0.2) is 24.3 Å². The van der Waals surface area contributed by atoms with E-state index in [1.54, 1.807) is 0 Å². The Labute approximate surface area is 137 Å². The first-order valence-electron chi connectivity index (χ1n) is 7.83. The van der Waals surface area contributed by atoms with Crippen molar-refractivity contribution in [1.29, 1.82) is 0 Å². The predicted octanol–water partition coefficient (Wildman–Crippen LogP) is 1.68. The molecule has 1 atom stereocenters. The van der Waals surface area contributed by atoms with Crippen LogP contribution in [0, 0.1) is 0 Å². The summed E-state index contributed by atoms with van der Waals surface area (Å²) in [6.07, 6.45) is 0.480. The van der Waals surface area contributed by atoms with E-state index in [1.165, 1.54) is 5.56 Å². The second kappa shape index (κ2) is 7.68. The van der Waals surface area contributed by atoms with Crippen LogP contribution in [0.1, 0.15) is 31.7 Å². The SMILES string of the molecule is CC(C)c1cccc(OCCNC(=O)NC2CCS(=O)(=O)C2)c1. The first-order valence-corrected chi connectivity index (χ1v) is 9.65. The molecule has 1 saturated heterocycles. The summed E-state index contributed by atoms with van der Waals surface area (Å²) in [5.74, 6) is 1.39. The zero-order valence-corrected chi connectivity index (χ0v) is 14.4. The van der Waals surface area contributed by atoms with Gasteiger partial charge in [-0.2, -0.15) is 0 Å². The zero-order valence-electron chi connectivity index (χ0n) is 13.5. The quantitative estimate of drug-likeness (QED) is 0.772. The highest BCUT2D eigenvalue weighted by Gasteiger charge is 2.28. The Balaban J connectivity index is 1.67. The summed E-state index contributed by atoms with van der Waals surface area (Å²) in [4.78, 5) is 11.7. The first kappa shape index (κ1) is 17.6. The Morgan fingerprint density at radius 1 is 1.39 bits per heavy atom. The molecule has 128 valence electrons. The molecule has 0 bridgehead atoms. The van der Waals surface area contributed by atoms with Crippen LogP contribution in [0.3, 0.4) is 0 Å². The van der Waals surface area contributed by atoms with Crippen LogP contribution in [0.25, 0.3) is 0 Å². The van der Waals surface area contributed by atoms with E-state index in [0.717, 1.165) is 5.75 Å². The number of carbonyl (C=O) groups is 1. The third-order valence-electron chi connectivity index (χ3n) is 3.75. The van der Waals surface area contributed by atoms with Crippen molar-refractivity contribution in [2.45, 2.75) is 32.2 Å². The molecule has 2 N–H and O–H groups in total. The number of carbonyl (C=O) groups excluding carboxylic acids is 1. The molecular formula is C16H24N2O4S. The van der Waals surface area contributed by atoms with E-state index < -0.39 is 9.84 Å². The smallest absolute Gasteiger partial charge is 0.315 e. The first-order chi connectivity index (χ1) is 10.9. The van der Waals surface area contributed by atoms with Crippen molar-refractivity contribution in [1.82, 2.24) is 10.6 Å². The summed E-state index contributed by atoms with van der Waals surface area (Å²) in [7, 11) is -2.98. The van der Waals surface area contributed by atoms with Crippen LogP contribution in [0.2, 0.25) is 0 Å². The van der Waals surface area contributed by atoms with Gasteiger partial charge in [0.15, 0.2) is 9.84 Å². The Morgan fingerprint density at radius 3 is 2.83 bits per heavy atom. The van der Waals surface area contributed by atoms with Gasteiger partial charge in [0.2, 0.25) is 0 Å². The lowest BCUT2D eigenvalue weighted by molar-refractivity contribution is 0.233. The molecule has 1 aliphatic heterocycles. The van der Waals surface area contributed by atoms with Crippen molar-refractivity contribution in [3.05, 3.63) is 29.8 Å². The fourth-order valence-corrected chi connectivity index (χ4v) is 4.12. The molecule has 1 fully saturated rings. The summed E-state index contributed by atoms with van der Waals surface area (Å²) in [5, 5.41) is 5.35. The third kappa shape index (κ3) is 5.74. The van der Waals surface area contributed by atoms with Gasteiger partial charge in [-0.05, 0) is 30.0 Å². The monoisotopic (exact) mass is 340 g/mol. The number of hydrogen-bond acceptors (Lipinski definition) is 4. The molecule has 6 nitrogen and oxygen atoms in total. The number of ether oxygens (including phenoxy) is 1. The van der Waals surface area contributed by atoms with Gasteiger partial charge in [0.25, 0.3) is 0 Å². The van der Waals surface area contributed by atoms with E-state index in [4.69, 9.17) is 4.74 Å². The lowest BCUT2D eigenvalue weighted by atomic mass is 10.0. The van der Waals surface area contributed by atoms with Crippen molar-refractivity contribution >= 4 is 15.9 Å². The van der Waals surface area contributed by atoms with Crippen molar-refractivity contribution in [3.63, 3.8) is 0 Å². The lowest BCUT2D eigenvalue weighted by Crippen LogP contribution is -2.43. The molecule has 1 heterocycles. The van der Waals surface area contributed by atoms with Crippen LogP contribution in [0.5, 0.6) is 5.75 Å². The number of amides is 2. The summed E-state index contributed by atoms with van der Waals surface area (Å²) in [6, 6.07) is 7.24. The van der Waals surface area contributed by atoms with Gasteiger partial charge in [-0.15, -0.1) is 0 Å². The van der Waals surface area contributed by atoms with E-state index >= 15 is 0 Å². The fourth-order valence-electron chi connectivity index (χ4n) is 2.44.